The summed E-state index contributed by atoms with van der Waals surface area (Å²) in [7, 11) is 0. The SMILES string of the molecule is C=CCn1c(=O)c2cnc(Nc3ccc(C4CCC(N5CCC5)CC4)cc3)nc2n1-c1cccc(C2(O)CCC2)n1. The number of allylic oxidation sites excluding steroid dienone is 1. The lowest BCUT2D eigenvalue weighted by Crippen LogP contribution is -2.46. The van der Waals surface area contributed by atoms with Crippen LogP contribution in [0.2, 0.25) is 0 Å². The highest BCUT2D eigenvalue weighted by atomic mass is 16.3. The quantitative estimate of drug-likeness (QED) is 0.297. The van der Waals surface area contributed by atoms with Gasteiger partial charge in [0.25, 0.3) is 5.56 Å². The van der Waals surface area contributed by atoms with Crippen LogP contribution in [0.4, 0.5) is 11.6 Å². The van der Waals surface area contributed by atoms with E-state index in [1.165, 1.54) is 50.8 Å². The Hall–Kier alpha value is -3.82. The third kappa shape index (κ3) is 4.77. The van der Waals surface area contributed by atoms with Crippen LogP contribution >= 0.6 is 0 Å². The summed E-state index contributed by atoms with van der Waals surface area (Å²) in [6.07, 6.45) is 12.0. The van der Waals surface area contributed by atoms with Crippen LogP contribution in [-0.4, -0.2) is 53.5 Å². The summed E-state index contributed by atoms with van der Waals surface area (Å²) in [5.74, 6) is 1.54. The fraction of sp³-hybridized carbons (Fsp3) is 0.438. The molecule has 41 heavy (non-hydrogen) atoms. The van der Waals surface area contributed by atoms with Gasteiger partial charge in [0.05, 0.1) is 12.2 Å². The summed E-state index contributed by atoms with van der Waals surface area (Å²) in [5.41, 5.74) is 2.23. The normalized spacial score (nSPS) is 22.2. The van der Waals surface area contributed by atoms with Gasteiger partial charge in [0.15, 0.2) is 11.5 Å². The smallest absolute Gasteiger partial charge is 0.278 e. The van der Waals surface area contributed by atoms with Gasteiger partial charge < -0.3 is 15.3 Å². The van der Waals surface area contributed by atoms with E-state index in [-0.39, 0.29) is 12.1 Å². The van der Waals surface area contributed by atoms with Crippen molar-refractivity contribution in [2.24, 2.45) is 0 Å². The standard InChI is InChI=1S/C32H37N7O2/c1-2-18-38-30(40)26-21-33-31(36-29(26)39(38)28-7-3-6-27(35-28)32(41)16-4-17-32)34-24-12-8-22(9-13-24)23-10-14-25(15-11-23)37-19-5-20-37/h2-3,6-9,12-13,21,23,25,41H,1,4-5,10-11,14-20H2,(H,33,34,36). The van der Waals surface area contributed by atoms with Gasteiger partial charge in [-0.3, -0.25) is 4.79 Å². The van der Waals surface area contributed by atoms with Gasteiger partial charge in [0.1, 0.15) is 11.0 Å². The molecule has 2 N–H and O–H groups in total. The van der Waals surface area contributed by atoms with Crippen LogP contribution in [0.15, 0.2) is 66.1 Å². The van der Waals surface area contributed by atoms with Gasteiger partial charge in [0, 0.05) is 17.9 Å². The number of nitrogens with one attached hydrogen (secondary N) is 1. The lowest BCUT2D eigenvalue weighted by Gasteiger charge is -2.42. The topological polar surface area (TPSA) is 101 Å². The average Bonchev–Trinajstić information content (AvgIpc) is 3.22. The van der Waals surface area contributed by atoms with Crippen LogP contribution in [0, 0.1) is 0 Å². The number of likely N-dealkylation sites (tertiary alicyclic amines) is 1. The van der Waals surface area contributed by atoms with Gasteiger partial charge in [-0.15, -0.1) is 6.58 Å². The van der Waals surface area contributed by atoms with E-state index in [0.29, 0.717) is 47.3 Å². The minimum absolute atomic E-state index is 0.214. The Morgan fingerprint density at radius 1 is 1.02 bits per heavy atom. The summed E-state index contributed by atoms with van der Waals surface area (Å²) in [4.78, 5) is 30.0. The number of benzene rings is 1. The van der Waals surface area contributed by atoms with Crippen LogP contribution in [-0.2, 0) is 12.1 Å². The molecule has 1 aliphatic heterocycles. The molecule has 3 aromatic heterocycles. The number of aromatic nitrogens is 5. The maximum atomic E-state index is 13.3. The molecule has 9 nitrogen and oxygen atoms in total. The Morgan fingerprint density at radius 3 is 2.46 bits per heavy atom. The molecular formula is C32H37N7O2. The molecule has 7 rings (SSSR count). The highest BCUT2D eigenvalue weighted by molar-refractivity contribution is 5.77. The van der Waals surface area contributed by atoms with Crippen LogP contribution in [0.1, 0.15) is 68.5 Å². The van der Waals surface area contributed by atoms with Crippen molar-refractivity contribution in [2.45, 2.75) is 75.5 Å². The minimum Gasteiger partial charge on any atom is -0.384 e. The largest absolute Gasteiger partial charge is 0.384 e. The Morgan fingerprint density at radius 2 is 1.80 bits per heavy atom. The fourth-order valence-corrected chi connectivity index (χ4v) is 6.62. The molecule has 212 valence electrons. The second-order valence-electron chi connectivity index (χ2n) is 11.8. The first-order valence-corrected chi connectivity index (χ1v) is 14.9. The number of fused-ring (bicyclic) bond motifs is 1. The van der Waals surface area contributed by atoms with Crippen LogP contribution in [0.3, 0.4) is 0 Å². The zero-order valence-electron chi connectivity index (χ0n) is 23.4. The van der Waals surface area contributed by atoms with Crippen LogP contribution < -0.4 is 10.9 Å². The second-order valence-corrected chi connectivity index (χ2v) is 11.8. The average molecular weight is 552 g/mol. The highest BCUT2D eigenvalue weighted by Crippen LogP contribution is 2.40. The second kappa shape index (κ2) is 10.5. The number of anilines is 2. The zero-order chi connectivity index (χ0) is 28.0. The predicted molar refractivity (Wildman–Crippen MR) is 160 cm³/mol. The number of aliphatic hydroxyl groups is 1. The van der Waals surface area contributed by atoms with Crippen molar-refractivity contribution in [1.29, 1.82) is 0 Å². The van der Waals surface area contributed by atoms with E-state index in [0.717, 1.165) is 18.2 Å². The van der Waals surface area contributed by atoms with E-state index < -0.39 is 5.60 Å². The summed E-state index contributed by atoms with van der Waals surface area (Å²) < 4.78 is 3.26. The van der Waals surface area contributed by atoms with E-state index in [1.807, 2.05) is 18.2 Å². The lowest BCUT2D eigenvalue weighted by molar-refractivity contribution is -0.0426. The van der Waals surface area contributed by atoms with Crippen molar-refractivity contribution >= 4 is 22.7 Å². The number of rotatable bonds is 8. The summed E-state index contributed by atoms with van der Waals surface area (Å²) in [6.45, 7) is 6.68. The molecule has 0 radical (unpaired) electrons. The molecule has 0 atom stereocenters. The van der Waals surface area contributed by atoms with Crippen molar-refractivity contribution in [2.75, 3.05) is 18.4 Å². The molecule has 0 unspecified atom stereocenters. The first kappa shape index (κ1) is 26.1. The molecule has 4 heterocycles. The van der Waals surface area contributed by atoms with Gasteiger partial charge in [0.2, 0.25) is 5.95 Å². The first-order chi connectivity index (χ1) is 20.0. The van der Waals surface area contributed by atoms with Gasteiger partial charge in [-0.1, -0.05) is 24.3 Å². The Bertz CT molecular complexity index is 1620. The lowest BCUT2D eigenvalue weighted by atomic mass is 9.77. The number of pyridine rings is 1. The van der Waals surface area contributed by atoms with Crippen LogP contribution in [0.5, 0.6) is 0 Å². The van der Waals surface area contributed by atoms with E-state index in [1.54, 1.807) is 21.6 Å². The van der Waals surface area contributed by atoms with Crippen molar-refractivity contribution < 1.29 is 5.11 Å². The Labute approximate surface area is 239 Å². The molecule has 0 spiro atoms. The maximum absolute atomic E-state index is 13.3. The fourth-order valence-electron chi connectivity index (χ4n) is 6.62. The van der Waals surface area contributed by atoms with Crippen molar-refractivity contribution in [3.05, 3.63) is 82.9 Å². The van der Waals surface area contributed by atoms with Gasteiger partial charge in [-0.25, -0.2) is 19.3 Å². The molecule has 3 aliphatic rings. The van der Waals surface area contributed by atoms with Gasteiger partial charge >= 0.3 is 0 Å². The predicted octanol–water partition coefficient (Wildman–Crippen LogP) is 5.01. The summed E-state index contributed by atoms with van der Waals surface area (Å²) >= 11 is 0. The zero-order valence-corrected chi connectivity index (χ0v) is 23.4. The number of nitrogens with zero attached hydrogens (tertiary/aromatic N) is 6. The van der Waals surface area contributed by atoms with Gasteiger partial charge in [-0.05, 0) is 100 Å². The molecule has 4 aromatic rings. The summed E-state index contributed by atoms with van der Waals surface area (Å²) in [6, 6.07) is 14.9. The molecule has 1 aromatic carbocycles. The molecule has 1 saturated heterocycles. The van der Waals surface area contributed by atoms with E-state index in [9.17, 15) is 9.90 Å². The van der Waals surface area contributed by atoms with E-state index in [2.05, 4.69) is 46.0 Å². The maximum Gasteiger partial charge on any atom is 0.278 e. The van der Waals surface area contributed by atoms with Crippen molar-refractivity contribution in [1.82, 2.24) is 29.2 Å². The Balaban J connectivity index is 1.15. The molecule has 9 heteroatoms. The molecular weight excluding hydrogens is 514 g/mol. The van der Waals surface area contributed by atoms with Crippen molar-refractivity contribution in [3.8, 4) is 5.82 Å². The van der Waals surface area contributed by atoms with Crippen molar-refractivity contribution in [3.63, 3.8) is 0 Å². The van der Waals surface area contributed by atoms with E-state index in [4.69, 9.17) is 9.97 Å². The molecule has 2 saturated carbocycles. The highest BCUT2D eigenvalue weighted by Gasteiger charge is 2.38. The van der Waals surface area contributed by atoms with Gasteiger partial charge in [-0.2, -0.15) is 4.98 Å². The first-order valence-electron chi connectivity index (χ1n) is 14.9. The third-order valence-corrected chi connectivity index (χ3v) is 9.33. The molecule has 0 amide bonds. The van der Waals surface area contributed by atoms with Crippen LogP contribution in [0.25, 0.3) is 16.9 Å². The molecule has 3 fully saturated rings. The van der Waals surface area contributed by atoms with E-state index >= 15 is 0 Å². The number of hydrogen-bond acceptors (Lipinski definition) is 7. The minimum atomic E-state index is -0.912. The molecule has 2 aliphatic carbocycles. The number of hydrogen-bond donors (Lipinski definition) is 2. The Kier molecular flexibility index (Phi) is 6.71. The summed E-state index contributed by atoms with van der Waals surface area (Å²) in [5, 5.41) is 14.6. The third-order valence-electron chi connectivity index (χ3n) is 9.33. The molecule has 0 bridgehead atoms. The monoisotopic (exact) mass is 551 g/mol.